The van der Waals surface area contributed by atoms with Crippen molar-refractivity contribution in [2.75, 3.05) is 32.8 Å². The van der Waals surface area contributed by atoms with Gasteiger partial charge in [0, 0.05) is 42.9 Å². The first-order valence-corrected chi connectivity index (χ1v) is 11.5. The Morgan fingerprint density at radius 2 is 2.07 bits per heavy atom. The quantitative estimate of drug-likeness (QED) is 0.633. The van der Waals surface area contributed by atoms with Crippen LogP contribution in [0.5, 0.6) is 5.75 Å². The van der Waals surface area contributed by atoms with Gasteiger partial charge in [0.2, 0.25) is 0 Å². The van der Waals surface area contributed by atoms with Gasteiger partial charge in [-0.25, -0.2) is 0 Å². The molecule has 1 aromatic rings. The lowest BCUT2D eigenvalue weighted by Gasteiger charge is -2.31. The van der Waals surface area contributed by atoms with E-state index < -0.39 is 0 Å². The SMILES string of the molecule is CCOc1ccc(C)c(C2=C3N=C(CCCCN4CCN[C@@H](C)C4)C=CC3C=C2)c1. The van der Waals surface area contributed by atoms with Crippen molar-refractivity contribution in [3.63, 3.8) is 0 Å². The van der Waals surface area contributed by atoms with Crippen LogP contribution in [0.3, 0.4) is 0 Å². The molecule has 0 saturated carbocycles. The first-order chi connectivity index (χ1) is 14.6. The molecule has 4 rings (SSSR count). The third kappa shape index (κ3) is 4.93. The normalized spacial score (nSPS) is 23.6. The van der Waals surface area contributed by atoms with Gasteiger partial charge in [-0.1, -0.05) is 24.3 Å². The summed E-state index contributed by atoms with van der Waals surface area (Å²) >= 11 is 0. The third-order valence-electron chi connectivity index (χ3n) is 6.24. The highest BCUT2D eigenvalue weighted by molar-refractivity contribution is 5.99. The van der Waals surface area contributed by atoms with Crippen LogP contribution in [0, 0.1) is 12.8 Å². The van der Waals surface area contributed by atoms with E-state index >= 15 is 0 Å². The van der Waals surface area contributed by atoms with Crippen molar-refractivity contribution in [3.8, 4) is 5.75 Å². The zero-order valence-electron chi connectivity index (χ0n) is 18.7. The number of rotatable bonds is 8. The highest BCUT2D eigenvalue weighted by Gasteiger charge is 2.23. The Morgan fingerprint density at radius 3 is 2.90 bits per heavy atom. The molecule has 4 heteroatoms. The fourth-order valence-electron chi connectivity index (χ4n) is 4.62. The van der Waals surface area contributed by atoms with Crippen molar-refractivity contribution in [2.24, 2.45) is 10.9 Å². The first-order valence-electron chi connectivity index (χ1n) is 11.5. The molecule has 1 aromatic carbocycles. The van der Waals surface area contributed by atoms with Crippen molar-refractivity contribution in [1.82, 2.24) is 10.2 Å². The standard InChI is InChI=1S/C26H35N3O/c1-4-30-23-12-8-19(2)25(17-23)24-13-10-21-9-11-22(28-26(21)24)7-5-6-15-29-16-14-27-20(3)18-29/h8-13,17,20-21,27H,4-7,14-16,18H2,1-3H3/t20-,21?/m0/s1. The fourth-order valence-corrected chi connectivity index (χ4v) is 4.62. The monoisotopic (exact) mass is 405 g/mol. The molecule has 2 heterocycles. The lowest BCUT2D eigenvalue weighted by atomic mass is 9.96. The Kier molecular flexibility index (Phi) is 6.86. The Morgan fingerprint density at radius 1 is 1.20 bits per heavy atom. The molecule has 30 heavy (non-hydrogen) atoms. The van der Waals surface area contributed by atoms with Crippen LogP contribution >= 0.6 is 0 Å². The number of benzene rings is 1. The van der Waals surface area contributed by atoms with E-state index in [0.717, 1.165) is 18.7 Å². The summed E-state index contributed by atoms with van der Waals surface area (Å²) < 4.78 is 5.74. The molecule has 0 aromatic heterocycles. The zero-order valence-corrected chi connectivity index (χ0v) is 18.7. The molecule has 4 nitrogen and oxygen atoms in total. The molecule has 1 N–H and O–H groups in total. The lowest BCUT2D eigenvalue weighted by molar-refractivity contribution is 0.204. The number of allylic oxidation sites excluding steroid dienone is 4. The van der Waals surface area contributed by atoms with Gasteiger partial charge in [-0.2, -0.15) is 0 Å². The number of aliphatic imine (C=N–C) groups is 1. The molecule has 2 atom stereocenters. The number of nitrogens with zero attached hydrogens (tertiary/aromatic N) is 2. The molecule has 1 aliphatic carbocycles. The minimum atomic E-state index is 0.307. The highest BCUT2D eigenvalue weighted by Crippen LogP contribution is 2.38. The summed E-state index contributed by atoms with van der Waals surface area (Å²) in [6.07, 6.45) is 12.5. The van der Waals surface area contributed by atoms with E-state index in [2.05, 4.69) is 66.6 Å². The Bertz CT molecular complexity index is 880. The Balaban J connectivity index is 1.41. The van der Waals surface area contributed by atoms with Crippen LogP contribution in [-0.2, 0) is 0 Å². The van der Waals surface area contributed by atoms with Crippen molar-refractivity contribution in [2.45, 2.75) is 46.1 Å². The molecule has 1 fully saturated rings. The van der Waals surface area contributed by atoms with Crippen LogP contribution in [0.4, 0.5) is 0 Å². The number of unbranched alkanes of at least 4 members (excludes halogenated alkanes) is 1. The summed E-state index contributed by atoms with van der Waals surface area (Å²) in [5.41, 5.74) is 6.16. The van der Waals surface area contributed by atoms with E-state index in [0.29, 0.717) is 18.6 Å². The second-order valence-electron chi connectivity index (χ2n) is 8.67. The third-order valence-corrected chi connectivity index (χ3v) is 6.24. The molecule has 0 bridgehead atoms. The number of dihydropyridines is 1. The van der Waals surface area contributed by atoms with Crippen molar-refractivity contribution < 1.29 is 4.74 Å². The van der Waals surface area contributed by atoms with E-state index in [9.17, 15) is 0 Å². The Labute approximate surface area is 181 Å². The summed E-state index contributed by atoms with van der Waals surface area (Å²) in [7, 11) is 0. The average molecular weight is 406 g/mol. The molecule has 0 radical (unpaired) electrons. The van der Waals surface area contributed by atoms with Gasteiger partial charge in [-0.05, 0) is 75.9 Å². The lowest BCUT2D eigenvalue weighted by Crippen LogP contribution is -2.49. The maximum Gasteiger partial charge on any atom is 0.119 e. The van der Waals surface area contributed by atoms with Crippen LogP contribution < -0.4 is 10.1 Å². The van der Waals surface area contributed by atoms with E-state index in [1.165, 1.54) is 60.6 Å². The number of hydrogen-bond donors (Lipinski definition) is 1. The number of fused-ring (bicyclic) bond motifs is 1. The predicted molar refractivity (Wildman–Crippen MR) is 126 cm³/mol. The van der Waals surface area contributed by atoms with Crippen LogP contribution in [-0.4, -0.2) is 49.4 Å². The summed E-state index contributed by atoms with van der Waals surface area (Å²) in [6, 6.07) is 6.98. The summed E-state index contributed by atoms with van der Waals surface area (Å²) in [5.74, 6) is 1.24. The predicted octanol–water partition coefficient (Wildman–Crippen LogP) is 4.77. The maximum atomic E-state index is 5.74. The number of nitrogens with one attached hydrogen (secondary N) is 1. The minimum Gasteiger partial charge on any atom is -0.494 e. The highest BCUT2D eigenvalue weighted by atomic mass is 16.5. The van der Waals surface area contributed by atoms with E-state index in [1.54, 1.807) is 0 Å². The topological polar surface area (TPSA) is 36.9 Å². The van der Waals surface area contributed by atoms with Crippen LogP contribution in [0.2, 0.25) is 0 Å². The maximum absolute atomic E-state index is 5.74. The molecule has 3 aliphatic rings. The number of ether oxygens (including phenoxy) is 1. The van der Waals surface area contributed by atoms with E-state index in [1.807, 2.05) is 6.92 Å². The summed E-state index contributed by atoms with van der Waals surface area (Å²) in [6.45, 7) is 11.8. The molecular weight excluding hydrogens is 370 g/mol. The molecular formula is C26H35N3O. The minimum absolute atomic E-state index is 0.307. The van der Waals surface area contributed by atoms with Gasteiger partial charge in [-0.3, -0.25) is 4.99 Å². The Hall–Kier alpha value is -2.17. The first kappa shape index (κ1) is 21.1. The average Bonchev–Trinajstić information content (AvgIpc) is 3.16. The van der Waals surface area contributed by atoms with Gasteiger partial charge in [0.1, 0.15) is 5.75 Å². The molecule has 1 saturated heterocycles. The van der Waals surface area contributed by atoms with Crippen molar-refractivity contribution >= 4 is 11.3 Å². The molecule has 2 aliphatic heterocycles. The van der Waals surface area contributed by atoms with E-state index in [-0.39, 0.29) is 0 Å². The van der Waals surface area contributed by atoms with Gasteiger partial charge in [0.25, 0.3) is 0 Å². The molecule has 160 valence electrons. The van der Waals surface area contributed by atoms with Gasteiger partial charge in [-0.15, -0.1) is 0 Å². The van der Waals surface area contributed by atoms with Crippen LogP contribution in [0.1, 0.15) is 44.2 Å². The smallest absolute Gasteiger partial charge is 0.119 e. The van der Waals surface area contributed by atoms with Gasteiger partial charge in [0.15, 0.2) is 0 Å². The van der Waals surface area contributed by atoms with Crippen LogP contribution in [0.25, 0.3) is 5.57 Å². The van der Waals surface area contributed by atoms with Crippen molar-refractivity contribution in [1.29, 1.82) is 0 Å². The number of piperazine rings is 1. The fraction of sp³-hybridized carbons (Fsp3) is 0.500. The van der Waals surface area contributed by atoms with Crippen LogP contribution in [0.15, 0.2) is 53.2 Å². The van der Waals surface area contributed by atoms with Gasteiger partial charge in [0.05, 0.1) is 12.3 Å². The van der Waals surface area contributed by atoms with E-state index in [4.69, 9.17) is 9.73 Å². The number of hydrogen-bond acceptors (Lipinski definition) is 4. The second-order valence-corrected chi connectivity index (χ2v) is 8.67. The summed E-state index contributed by atoms with van der Waals surface area (Å²) in [4.78, 5) is 7.69. The summed E-state index contributed by atoms with van der Waals surface area (Å²) in [5, 5.41) is 3.52. The second kappa shape index (κ2) is 9.76. The van der Waals surface area contributed by atoms with Gasteiger partial charge < -0.3 is 15.0 Å². The largest absolute Gasteiger partial charge is 0.494 e. The zero-order chi connectivity index (χ0) is 20.9. The molecule has 1 unspecified atom stereocenters. The molecule has 0 spiro atoms. The van der Waals surface area contributed by atoms with Gasteiger partial charge >= 0.3 is 0 Å². The number of aryl methyl sites for hydroxylation is 1. The van der Waals surface area contributed by atoms with Crippen molar-refractivity contribution in [3.05, 3.63) is 59.3 Å². The molecule has 0 amide bonds.